The summed E-state index contributed by atoms with van der Waals surface area (Å²) in [5, 5.41) is 0. The van der Waals surface area contributed by atoms with Crippen LogP contribution in [0.25, 0.3) is 5.57 Å². The van der Waals surface area contributed by atoms with Gasteiger partial charge < -0.3 is 4.90 Å². The van der Waals surface area contributed by atoms with Crippen LogP contribution in [0.1, 0.15) is 44.1 Å². The third-order valence-electron chi connectivity index (χ3n) is 7.30. The molecule has 0 spiro atoms. The Morgan fingerprint density at radius 1 is 0.963 bits per heavy atom. The zero-order valence-electron chi connectivity index (χ0n) is 16.0. The molecule has 0 heterocycles. The molecule has 0 N–H and O–H groups in total. The number of allylic oxidation sites excluding steroid dienone is 1. The molecule has 1 amide bonds. The molecular formula is C25H27NO. The number of carbonyl (C=O) groups is 1. The fraction of sp³-hybridized carbons (Fsp3) is 0.400. The molecular weight excluding hydrogens is 330 g/mol. The van der Waals surface area contributed by atoms with Crippen LogP contribution in [-0.4, -0.2) is 13.0 Å². The van der Waals surface area contributed by atoms with Crippen LogP contribution in [0, 0.1) is 17.3 Å². The second-order valence-corrected chi connectivity index (χ2v) is 8.43. The summed E-state index contributed by atoms with van der Waals surface area (Å²) in [4.78, 5) is 15.9. The third-order valence-corrected chi connectivity index (χ3v) is 7.30. The predicted molar refractivity (Wildman–Crippen MR) is 110 cm³/mol. The van der Waals surface area contributed by atoms with Crippen molar-refractivity contribution in [1.82, 2.24) is 0 Å². The number of hydrogen-bond donors (Lipinski definition) is 0. The lowest BCUT2D eigenvalue weighted by Crippen LogP contribution is -2.45. The van der Waals surface area contributed by atoms with Gasteiger partial charge in [-0.05, 0) is 67.2 Å². The summed E-state index contributed by atoms with van der Waals surface area (Å²) in [6.45, 7) is 0. The van der Waals surface area contributed by atoms with Gasteiger partial charge in [0.2, 0.25) is 5.91 Å². The Hall–Kier alpha value is -2.35. The van der Waals surface area contributed by atoms with E-state index in [0.29, 0.717) is 17.7 Å². The first-order valence-corrected chi connectivity index (χ1v) is 10.4. The smallest absolute Gasteiger partial charge is 0.237 e. The van der Waals surface area contributed by atoms with Crippen LogP contribution in [0.5, 0.6) is 0 Å². The SMILES string of the molecule is CN(C(=O)C12CCCC1=C(c1ccccc1)[C@H]1CCC[C@H]12)c1ccccc1. The van der Waals surface area contributed by atoms with Gasteiger partial charge in [-0.15, -0.1) is 0 Å². The second-order valence-electron chi connectivity index (χ2n) is 8.43. The maximum Gasteiger partial charge on any atom is 0.237 e. The molecule has 2 fully saturated rings. The average Bonchev–Trinajstić information content (AvgIpc) is 3.41. The summed E-state index contributed by atoms with van der Waals surface area (Å²) in [7, 11) is 1.97. The molecule has 0 aliphatic heterocycles. The maximum atomic E-state index is 14.0. The van der Waals surface area contributed by atoms with Crippen molar-refractivity contribution in [2.75, 3.05) is 11.9 Å². The van der Waals surface area contributed by atoms with Gasteiger partial charge in [-0.2, -0.15) is 0 Å². The lowest BCUT2D eigenvalue weighted by Gasteiger charge is -2.36. The molecule has 2 saturated carbocycles. The van der Waals surface area contributed by atoms with Crippen LogP contribution in [0.4, 0.5) is 5.69 Å². The van der Waals surface area contributed by atoms with E-state index in [1.165, 1.54) is 36.0 Å². The minimum Gasteiger partial charge on any atom is -0.315 e. The lowest BCUT2D eigenvalue weighted by molar-refractivity contribution is -0.128. The number of fused-ring (bicyclic) bond motifs is 3. The molecule has 2 heteroatoms. The van der Waals surface area contributed by atoms with Gasteiger partial charge in [0.25, 0.3) is 0 Å². The van der Waals surface area contributed by atoms with Crippen LogP contribution < -0.4 is 4.90 Å². The van der Waals surface area contributed by atoms with Crippen LogP contribution in [0.15, 0.2) is 66.2 Å². The van der Waals surface area contributed by atoms with E-state index < -0.39 is 0 Å². The molecule has 27 heavy (non-hydrogen) atoms. The van der Waals surface area contributed by atoms with Gasteiger partial charge in [-0.3, -0.25) is 4.79 Å². The normalized spacial score (nSPS) is 28.9. The van der Waals surface area contributed by atoms with E-state index in [9.17, 15) is 4.79 Å². The number of hydrogen-bond acceptors (Lipinski definition) is 1. The summed E-state index contributed by atoms with van der Waals surface area (Å²) >= 11 is 0. The highest BCUT2D eigenvalue weighted by Crippen LogP contribution is 2.66. The molecule has 0 radical (unpaired) electrons. The number of anilines is 1. The fourth-order valence-electron chi connectivity index (χ4n) is 6.29. The van der Waals surface area contributed by atoms with Gasteiger partial charge in [-0.25, -0.2) is 0 Å². The topological polar surface area (TPSA) is 20.3 Å². The monoisotopic (exact) mass is 357 g/mol. The van der Waals surface area contributed by atoms with E-state index in [1.807, 2.05) is 42.3 Å². The first-order valence-electron chi connectivity index (χ1n) is 10.4. The van der Waals surface area contributed by atoms with Crippen LogP contribution in [0.2, 0.25) is 0 Å². The quantitative estimate of drug-likeness (QED) is 0.689. The van der Waals surface area contributed by atoms with Gasteiger partial charge in [-0.1, -0.05) is 60.5 Å². The van der Waals surface area contributed by atoms with Crippen LogP contribution in [0.3, 0.4) is 0 Å². The largest absolute Gasteiger partial charge is 0.315 e. The molecule has 2 aromatic rings. The first-order chi connectivity index (χ1) is 13.2. The standard InChI is InChI=1S/C25H27NO/c1-26(19-12-6-3-7-13-19)24(27)25-17-9-16-22(25)23(18-10-4-2-5-11-18)20-14-8-15-21(20)25/h2-7,10-13,20-21H,8-9,14-17H2,1H3/t20-,21+,25?/m0/s1. The second kappa shape index (κ2) is 6.37. The number of carbonyl (C=O) groups excluding carboxylic acids is 1. The number of para-hydroxylation sites is 1. The van der Waals surface area contributed by atoms with E-state index in [-0.39, 0.29) is 5.41 Å². The number of amides is 1. The van der Waals surface area contributed by atoms with Gasteiger partial charge in [0.05, 0.1) is 5.41 Å². The summed E-state index contributed by atoms with van der Waals surface area (Å²) in [5.41, 5.74) is 5.08. The Morgan fingerprint density at radius 2 is 1.67 bits per heavy atom. The Labute approximate surface area is 161 Å². The molecule has 3 atom stereocenters. The third kappa shape index (κ3) is 2.35. The summed E-state index contributed by atoms with van der Waals surface area (Å²) in [6, 6.07) is 21.0. The Bertz CT molecular complexity index is 885. The molecule has 0 bridgehead atoms. The number of nitrogens with zero attached hydrogens (tertiary/aromatic N) is 1. The van der Waals surface area contributed by atoms with Crippen LogP contribution in [-0.2, 0) is 4.79 Å². The minimum atomic E-state index is -0.267. The molecule has 2 nitrogen and oxygen atoms in total. The molecule has 5 rings (SSSR count). The lowest BCUT2D eigenvalue weighted by atomic mass is 9.71. The summed E-state index contributed by atoms with van der Waals surface area (Å²) < 4.78 is 0. The molecule has 3 aliphatic carbocycles. The van der Waals surface area contributed by atoms with Gasteiger partial charge >= 0.3 is 0 Å². The van der Waals surface area contributed by atoms with Crippen molar-refractivity contribution in [3.8, 4) is 0 Å². The van der Waals surface area contributed by atoms with E-state index in [1.54, 1.807) is 0 Å². The molecule has 2 aromatic carbocycles. The van der Waals surface area contributed by atoms with Crippen molar-refractivity contribution < 1.29 is 4.79 Å². The zero-order valence-corrected chi connectivity index (χ0v) is 16.0. The summed E-state index contributed by atoms with van der Waals surface area (Å²) in [5.74, 6) is 1.38. The van der Waals surface area contributed by atoms with Gasteiger partial charge in [0.1, 0.15) is 0 Å². The maximum absolute atomic E-state index is 14.0. The molecule has 1 unspecified atom stereocenters. The van der Waals surface area contributed by atoms with E-state index in [2.05, 4.69) is 30.3 Å². The number of rotatable bonds is 3. The minimum absolute atomic E-state index is 0.267. The Balaban J connectivity index is 1.63. The van der Waals surface area contributed by atoms with Crippen molar-refractivity contribution in [3.05, 3.63) is 71.8 Å². The molecule has 0 saturated heterocycles. The molecule has 138 valence electrons. The van der Waals surface area contributed by atoms with Crippen molar-refractivity contribution in [1.29, 1.82) is 0 Å². The molecule has 0 aromatic heterocycles. The van der Waals surface area contributed by atoms with Crippen molar-refractivity contribution >= 4 is 17.2 Å². The van der Waals surface area contributed by atoms with Crippen molar-refractivity contribution in [2.24, 2.45) is 17.3 Å². The van der Waals surface area contributed by atoms with E-state index in [4.69, 9.17) is 0 Å². The van der Waals surface area contributed by atoms with Gasteiger partial charge in [0, 0.05) is 12.7 Å². The number of benzene rings is 2. The van der Waals surface area contributed by atoms with Crippen molar-refractivity contribution in [2.45, 2.75) is 38.5 Å². The van der Waals surface area contributed by atoms with Gasteiger partial charge in [0.15, 0.2) is 0 Å². The zero-order chi connectivity index (χ0) is 18.4. The Morgan fingerprint density at radius 3 is 2.41 bits per heavy atom. The van der Waals surface area contributed by atoms with E-state index >= 15 is 0 Å². The molecule has 3 aliphatic rings. The fourth-order valence-corrected chi connectivity index (χ4v) is 6.29. The highest BCUT2D eigenvalue weighted by atomic mass is 16.2. The van der Waals surface area contributed by atoms with E-state index in [0.717, 1.165) is 24.9 Å². The van der Waals surface area contributed by atoms with Crippen LogP contribution >= 0.6 is 0 Å². The predicted octanol–water partition coefficient (Wildman–Crippen LogP) is 5.70. The summed E-state index contributed by atoms with van der Waals surface area (Å²) in [6.07, 6.45) is 6.94. The average molecular weight is 357 g/mol. The highest BCUT2D eigenvalue weighted by molar-refractivity contribution is 6.03. The first kappa shape index (κ1) is 16.8. The van der Waals surface area contributed by atoms with Crippen molar-refractivity contribution in [3.63, 3.8) is 0 Å². The Kier molecular flexibility index (Phi) is 3.96. The highest BCUT2D eigenvalue weighted by Gasteiger charge is 2.61.